The van der Waals surface area contributed by atoms with Gasteiger partial charge in [-0.25, -0.2) is 0 Å². The lowest BCUT2D eigenvalue weighted by atomic mass is 9.86. The highest BCUT2D eigenvalue weighted by Crippen LogP contribution is 2.44. The van der Waals surface area contributed by atoms with E-state index in [1.165, 1.54) is 222 Å². The standard InChI is InChI=1S/C35H24.C27H20.C19H16.C16H17N.C13H10O.C10H12/c1-23-26(34-21-24-11-2-4-13-28(24)30-15-6-8-17-32(30)34)19-10-20-27(23)35-22-25-12-3-5-14-29(25)31-16-7-9-18-33(31)35;1-19-22(26-17-6-11-20-9-2-4-13-24(20)26)15-8-16-23(19)27-18-7-12-21-10-3-5-14-25(21)27;1-15-18(16-9-4-2-5-10-16)13-8-14-19(15)17-11-6-3-7-12-17;1-4-17-15-8-6-5-7-13(15)14-9-11(2)12(3)10-16(14)17;1-9-5-4-8-12-13(9)10-6-2-3-7-11(10)14-12;1-8-4-2-5-9-6-3-7-10(8)9/h2-22H,1H3;2-18H,1H3;2-14H,1H3;5-10H,4H2,1-3H3;2-8H,1H3;2,4-5H,3,6-7H2,1H3. The van der Waals surface area contributed by atoms with Crippen LogP contribution in [-0.2, 0) is 19.4 Å². The van der Waals surface area contributed by atoms with Gasteiger partial charge in [-0.2, -0.15) is 0 Å². The average Bonchev–Trinajstić information content (AvgIpc) is 0.752. The van der Waals surface area contributed by atoms with Gasteiger partial charge in [0.25, 0.3) is 0 Å². The first-order valence-corrected chi connectivity index (χ1v) is 43.0. The van der Waals surface area contributed by atoms with Crippen molar-refractivity contribution < 1.29 is 4.42 Å². The number of fused-ring (bicyclic) bond motifs is 15. The smallest absolute Gasteiger partial charge is 0.135 e. The Morgan fingerprint density at radius 3 is 1.12 bits per heavy atom. The summed E-state index contributed by atoms with van der Waals surface area (Å²) < 4.78 is 8.13. The Kier molecular flexibility index (Phi) is 22.7. The van der Waals surface area contributed by atoms with Crippen molar-refractivity contribution in [1.29, 1.82) is 0 Å². The van der Waals surface area contributed by atoms with Gasteiger partial charge in [0.1, 0.15) is 11.2 Å². The monoisotopic (exact) mass is 1570 g/mol. The van der Waals surface area contributed by atoms with E-state index in [4.69, 9.17) is 4.42 Å². The molecule has 0 radical (unpaired) electrons. The van der Waals surface area contributed by atoms with Crippen LogP contribution in [0.25, 0.3) is 175 Å². The van der Waals surface area contributed by atoms with Crippen LogP contribution >= 0.6 is 0 Å². The fraction of sp³-hybridized carbons (Fsp3) is 0.100. The second-order valence-electron chi connectivity index (χ2n) is 32.4. The quantitative estimate of drug-likeness (QED) is 0.145. The first-order chi connectivity index (χ1) is 59.9. The van der Waals surface area contributed by atoms with Gasteiger partial charge in [0.15, 0.2) is 0 Å². The molecule has 0 unspecified atom stereocenters. The van der Waals surface area contributed by atoms with E-state index in [1.54, 1.807) is 11.1 Å². The average molecular weight is 1570 g/mol. The van der Waals surface area contributed by atoms with E-state index in [1.807, 2.05) is 30.3 Å². The minimum atomic E-state index is 0.969. The maximum Gasteiger partial charge on any atom is 0.135 e. The van der Waals surface area contributed by atoms with Crippen molar-refractivity contribution in [2.75, 3.05) is 0 Å². The lowest BCUT2D eigenvalue weighted by molar-refractivity contribution is 0.669. The molecule has 2 heteroatoms. The van der Waals surface area contributed by atoms with Gasteiger partial charge in [0.2, 0.25) is 0 Å². The van der Waals surface area contributed by atoms with Crippen molar-refractivity contribution in [2.45, 2.75) is 81.2 Å². The molecule has 0 bridgehead atoms. The summed E-state index contributed by atoms with van der Waals surface area (Å²) in [6.45, 7) is 18.7. The van der Waals surface area contributed by atoms with Gasteiger partial charge in [-0.1, -0.05) is 364 Å². The normalized spacial score (nSPS) is 11.5. The molecule has 122 heavy (non-hydrogen) atoms. The van der Waals surface area contributed by atoms with Gasteiger partial charge in [-0.05, 0) is 299 Å². The summed E-state index contributed by atoms with van der Waals surface area (Å²) in [6, 6.07) is 145. The van der Waals surface area contributed by atoms with E-state index in [9.17, 15) is 0 Å². The summed E-state index contributed by atoms with van der Waals surface area (Å²) in [7, 11) is 0. The molecule has 0 N–H and O–H groups in total. The van der Waals surface area contributed by atoms with Crippen LogP contribution < -0.4 is 0 Å². The Morgan fingerprint density at radius 1 is 0.230 bits per heavy atom. The van der Waals surface area contributed by atoms with Crippen LogP contribution in [0.15, 0.2) is 411 Å². The maximum atomic E-state index is 5.73. The molecule has 590 valence electrons. The highest BCUT2D eigenvalue weighted by Gasteiger charge is 2.19. The van der Waals surface area contributed by atoms with Crippen LogP contribution in [0.3, 0.4) is 0 Å². The van der Waals surface area contributed by atoms with E-state index < -0.39 is 0 Å². The number of hydrogen-bond acceptors (Lipinski definition) is 1. The summed E-state index contributed by atoms with van der Waals surface area (Å²) in [6.07, 6.45) is 3.97. The Morgan fingerprint density at radius 2 is 0.598 bits per heavy atom. The van der Waals surface area contributed by atoms with Gasteiger partial charge in [0, 0.05) is 39.1 Å². The zero-order valence-corrected chi connectivity index (χ0v) is 70.9. The van der Waals surface area contributed by atoms with Gasteiger partial charge >= 0.3 is 0 Å². The van der Waals surface area contributed by atoms with Crippen LogP contribution in [0.5, 0.6) is 0 Å². The zero-order valence-electron chi connectivity index (χ0n) is 70.9. The lowest BCUT2D eigenvalue weighted by Crippen LogP contribution is -1.93. The molecule has 0 spiro atoms. The molecule has 1 aliphatic rings. The highest BCUT2D eigenvalue weighted by atomic mass is 16.3. The van der Waals surface area contributed by atoms with Crippen LogP contribution in [0.1, 0.15) is 63.4 Å². The topological polar surface area (TPSA) is 18.1 Å². The molecule has 2 aromatic heterocycles. The molecule has 0 amide bonds. The van der Waals surface area contributed by atoms with E-state index >= 15 is 0 Å². The molecular weight excluding hydrogens is 1470 g/mol. The van der Waals surface area contributed by atoms with Crippen LogP contribution in [0.2, 0.25) is 0 Å². The minimum Gasteiger partial charge on any atom is -0.456 e. The SMILES string of the molecule is CCn1c2ccccc2c2cc(C)c(C)cc21.Cc1c(-c2cc3ccccc3c3ccccc23)cccc1-c1cc2ccccc2c2ccccc12.Cc1c(-c2cccc3ccccc23)cccc1-c1cccc2ccccc12.Cc1c(-c2ccccc2)cccc1-c1ccccc1.Cc1cccc2c1CCC2.Cc1cccc2oc3ccccc3c12. The molecule has 23 rings (SSSR count). The molecule has 0 saturated heterocycles. The number of benzene rings is 20. The van der Waals surface area contributed by atoms with Gasteiger partial charge in [-0.15, -0.1) is 0 Å². The van der Waals surface area contributed by atoms with Crippen molar-refractivity contribution in [1.82, 2.24) is 4.57 Å². The molecule has 2 heterocycles. The summed E-state index contributed by atoms with van der Waals surface area (Å²) in [5.74, 6) is 0. The highest BCUT2D eigenvalue weighted by molar-refractivity contribution is 6.17. The number of rotatable bonds is 7. The molecule has 20 aromatic carbocycles. The van der Waals surface area contributed by atoms with Crippen LogP contribution in [0, 0.1) is 48.5 Å². The first kappa shape index (κ1) is 78.7. The Labute approximate surface area is 716 Å². The van der Waals surface area contributed by atoms with Crippen LogP contribution in [-0.4, -0.2) is 4.57 Å². The minimum absolute atomic E-state index is 0.969. The third kappa shape index (κ3) is 15.6. The molecule has 22 aromatic rings. The van der Waals surface area contributed by atoms with E-state index in [2.05, 4.69) is 436 Å². The van der Waals surface area contributed by atoms with E-state index in [-0.39, 0.29) is 0 Å². The summed E-state index contributed by atoms with van der Waals surface area (Å²) in [5, 5.41) is 20.8. The number of nitrogens with zero attached hydrogens (tertiary/aromatic N) is 1. The lowest BCUT2D eigenvalue weighted by Gasteiger charge is -2.17. The molecule has 0 aliphatic heterocycles. The third-order valence-corrected chi connectivity index (χ3v) is 25.1. The van der Waals surface area contributed by atoms with Crippen molar-refractivity contribution in [3.05, 3.63) is 457 Å². The van der Waals surface area contributed by atoms with Crippen molar-refractivity contribution in [3.8, 4) is 66.8 Å². The van der Waals surface area contributed by atoms with Gasteiger partial charge < -0.3 is 8.98 Å². The van der Waals surface area contributed by atoms with Crippen molar-refractivity contribution >= 4 is 108 Å². The second-order valence-corrected chi connectivity index (χ2v) is 32.4. The first-order valence-electron chi connectivity index (χ1n) is 43.0. The van der Waals surface area contributed by atoms with Crippen molar-refractivity contribution in [2.24, 2.45) is 0 Å². The van der Waals surface area contributed by atoms with Crippen molar-refractivity contribution in [3.63, 3.8) is 0 Å². The number of aryl methyl sites for hydroxylation is 6. The number of para-hydroxylation sites is 2. The second kappa shape index (κ2) is 35.2. The molecule has 0 atom stereocenters. The Bertz CT molecular complexity index is 7300. The van der Waals surface area contributed by atoms with Gasteiger partial charge in [-0.3, -0.25) is 0 Å². The molecular formula is C120H99NO. The fourth-order valence-corrected chi connectivity index (χ4v) is 18.8. The number of hydrogen-bond donors (Lipinski definition) is 0. The summed E-state index contributed by atoms with van der Waals surface area (Å²) >= 11 is 0. The van der Waals surface area contributed by atoms with Gasteiger partial charge in [0.05, 0.1) is 0 Å². The van der Waals surface area contributed by atoms with E-state index in [0.29, 0.717) is 0 Å². The predicted octanol–water partition coefficient (Wildman–Crippen LogP) is 33.7. The summed E-state index contributed by atoms with van der Waals surface area (Å²) in [4.78, 5) is 0. The predicted molar refractivity (Wildman–Crippen MR) is 527 cm³/mol. The number of furan rings is 1. The molecule has 0 fully saturated rings. The maximum absolute atomic E-state index is 5.73. The van der Waals surface area contributed by atoms with E-state index in [0.717, 1.165) is 17.7 Å². The third-order valence-electron chi connectivity index (χ3n) is 25.1. The zero-order chi connectivity index (χ0) is 83.2. The molecule has 1 aliphatic carbocycles. The number of aromatic nitrogens is 1. The Hall–Kier alpha value is -14.4. The molecule has 0 saturated carbocycles. The largest absolute Gasteiger partial charge is 0.456 e. The Balaban J connectivity index is 0.000000105. The fourth-order valence-electron chi connectivity index (χ4n) is 18.8. The summed E-state index contributed by atoms with van der Waals surface area (Å²) in [5.41, 5.74) is 32.9. The van der Waals surface area contributed by atoms with Crippen LogP contribution in [0.4, 0.5) is 0 Å². The molecule has 2 nitrogen and oxygen atoms in total.